The third kappa shape index (κ3) is 1.61. The molecule has 0 fully saturated rings. The molecule has 1 nitrogen and oxygen atoms in total. The van der Waals surface area contributed by atoms with Gasteiger partial charge < -0.3 is 0 Å². The first-order valence-corrected chi connectivity index (χ1v) is 7.67. The third-order valence-electron chi connectivity index (χ3n) is 5.29. The molecule has 0 aromatic carbocycles. The third-order valence-corrected chi connectivity index (χ3v) is 5.29. The molecule has 6 rings (SSSR count). The molecule has 6 aliphatic carbocycles. The van der Waals surface area contributed by atoms with Crippen LogP contribution in [-0.4, -0.2) is 0 Å². The first-order valence-electron chi connectivity index (χ1n) is 7.67. The van der Waals surface area contributed by atoms with Gasteiger partial charge in [0.2, 0.25) is 0 Å². The summed E-state index contributed by atoms with van der Waals surface area (Å²) in [5, 5.41) is 9.62. The summed E-state index contributed by atoms with van der Waals surface area (Å²) in [5.41, 5.74) is 5.15. The van der Waals surface area contributed by atoms with Crippen LogP contribution in [-0.2, 0) is 0 Å². The molecule has 0 heterocycles. The molecule has 6 aliphatic rings. The van der Waals surface area contributed by atoms with Gasteiger partial charge in [-0.2, -0.15) is 5.26 Å². The van der Waals surface area contributed by atoms with Gasteiger partial charge in [-0.1, -0.05) is 42.0 Å². The molecule has 4 atom stereocenters. The predicted molar refractivity (Wildman–Crippen MR) is 80.6 cm³/mol. The fraction of sp³-hybridized carbons (Fsp3) is 0.421. The normalized spacial score (nSPS) is 43.8. The summed E-state index contributed by atoms with van der Waals surface area (Å²) in [7, 11) is 0. The van der Waals surface area contributed by atoms with E-state index >= 15 is 0 Å². The predicted octanol–water partition coefficient (Wildman–Crippen LogP) is 4.48. The van der Waals surface area contributed by atoms with Gasteiger partial charge in [-0.3, -0.25) is 0 Å². The van der Waals surface area contributed by atoms with Crippen molar-refractivity contribution in [3.8, 4) is 6.07 Å². The minimum atomic E-state index is 0.405. The Bertz CT molecular complexity index is 648. The highest BCUT2D eigenvalue weighted by Crippen LogP contribution is 2.51. The molecule has 0 N–H and O–H groups in total. The zero-order valence-corrected chi connectivity index (χ0v) is 11.8. The van der Waals surface area contributed by atoms with Crippen LogP contribution in [0.25, 0.3) is 0 Å². The molecule has 0 aromatic rings. The van der Waals surface area contributed by atoms with E-state index in [1.165, 1.54) is 16.7 Å². The Kier molecular flexibility index (Phi) is 2.60. The molecule has 0 unspecified atom stereocenters. The summed E-state index contributed by atoms with van der Waals surface area (Å²) in [5.74, 6) is 2.05. The van der Waals surface area contributed by atoms with E-state index in [-0.39, 0.29) is 0 Å². The molecule has 0 aliphatic heterocycles. The number of nitrogens with zero attached hydrogens (tertiary/aromatic N) is 1. The van der Waals surface area contributed by atoms with E-state index in [2.05, 4.69) is 49.4 Å². The van der Waals surface area contributed by atoms with Crippen LogP contribution < -0.4 is 0 Å². The minimum absolute atomic E-state index is 0.405. The largest absolute Gasteiger partial charge is 0.193 e. The summed E-state index contributed by atoms with van der Waals surface area (Å²) in [6, 6.07) is 2.51. The molecule has 0 amide bonds. The van der Waals surface area contributed by atoms with Crippen LogP contribution in [0.1, 0.15) is 26.2 Å². The van der Waals surface area contributed by atoms with Crippen LogP contribution in [0.3, 0.4) is 0 Å². The number of rotatable bonds is 0. The topological polar surface area (TPSA) is 23.8 Å². The van der Waals surface area contributed by atoms with Crippen LogP contribution >= 0.6 is 0 Å². The Morgan fingerprint density at radius 2 is 2.00 bits per heavy atom. The molecule has 0 aromatic heterocycles. The second-order valence-corrected chi connectivity index (χ2v) is 6.49. The molecule has 0 saturated carbocycles. The SMILES string of the molecule is C/C1=C/[C@H]2[C@H]3C=CC4=C[C@H]3C=C[C@H]2/C4=C(\C#N)CCC1. The monoisotopic (exact) mass is 261 g/mol. The Morgan fingerprint density at radius 1 is 1.10 bits per heavy atom. The van der Waals surface area contributed by atoms with Gasteiger partial charge in [0.1, 0.15) is 0 Å². The first-order chi connectivity index (χ1) is 9.78. The van der Waals surface area contributed by atoms with Gasteiger partial charge in [-0.15, -0.1) is 0 Å². The average molecular weight is 261 g/mol. The lowest BCUT2D eigenvalue weighted by molar-refractivity contribution is 0.354. The lowest BCUT2D eigenvalue weighted by Gasteiger charge is -2.33. The standard InChI is InChI=1S/C19H19N/c1-12-3-2-4-15(11-20)19-14-6-7-16-13(10-14)5-8-17(19)18(16)9-12/h5-10,13,16-18H,2-4H2,1H3/b12-9-,19-15-/t13-,16+,17-,18+/m1/s1. The summed E-state index contributed by atoms with van der Waals surface area (Å²) < 4.78 is 0. The summed E-state index contributed by atoms with van der Waals surface area (Å²) in [6.07, 6.45) is 17.4. The lowest BCUT2D eigenvalue weighted by Crippen LogP contribution is -2.27. The number of hydrogen-bond donors (Lipinski definition) is 0. The molecular weight excluding hydrogens is 242 g/mol. The maximum atomic E-state index is 9.62. The van der Waals surface area contributed by atoms with Crippen molar-refractivity contribution in [2.45, 2.75) is 26.2 Å². The van der Waals surface area contributed by atoms with E-state index in [1.807, 2.05) is 0 Å². The van der Waals surface area contributed by atoms with Crippen LogP contribution in [0.2, 0.25) is 0 Å². The zero-order chi connectivity index (χ0) is 13.7. The Hall–Kier alpha value is -1.81. The highest BCUT2D eigenvalue weighted by Gasteiger charge is 2.41. The van der Waals surface area contributed by atoms with Gasteiger partial charge in [0, 0.05) is 17.4 Å². The van der Waals surface area contributed by atoms with E-state index < -0.39 is 0 Å². The number of allylic oxidation sites excluding steroid dienone is 10. The minimum Gasteiger partial charge on any atom is -0.193 e. The van der Waals surface area contributed by atoms with Crippen molar-refractivity contribution < 1.29 is 0 Å². The highest BCUT2D eigenvalue weighted by molar-refractivity contribution is 5.56. The van der Waals surface area contributed by atoms with E-state index in [0.717, 1.165) is 24.8 Å². The molecule has 0 spiro atoms. The smallest absolute Gasteiger partial charge is 0.0950 e. The van der Waals surface area contributed by atoms with Crippen LogP contribution in [0.5, 0.6) is 0 Å². The molecule has 0 saturated heterocycles. The van der Waals surface area contributed by atoms with Crippen molar-refractivity contribution in [3.63, 3.8) is 0 Å². The van der Waals surface area contributed by atoms with Gasteiger partial charge in [0.05, 0.1) is 6.07 Å². The van der Waals surface area contributed by atoms with Crippen molar-refractivity contribution in [2.24, 2.45) is 23.7 Å². The van der Waals surface area contributed by atoms with Gasteiger partial charge in [-0.05, 0) is 49.2 Å². The van der Waals surface area contributed by atoms with Crippen molar-refractivity contribution in [2.75, 3.05) is 0 Å². The van der Waals surface area contributed by atoms with Gasteiger partial charge in [-0.25, -0.2) is 0 Å². The summed E-state index contributed by atoms with van der Waals surface area (Å²) >= 11 is 0. The average Bonchev–Trinajstić information content (AvgIpc) is 2.70. The van der Waals surface area contributed by atoms with Crippen molar-refractivity contribution in [1.29, 1.82) is 5.26 Å². The fourth-order valence-corrected chi connectivity index (χ4v) is 4.36. The lowest BCUT2D eigenvalue weighted by atomic mass is 9.70. The van der Waals surface area contributed by atoms with E-state index in [9.17, 15) is 5.26 Å². The molecule has 20 heavy (non-hydrogen) atoms. The molecular formula is C19H19N. The maximum absolute atomic E-state index is 9.62. The Balaban J connectivity index is 1.99. The molecule has 1 heteroatoms. The van der Waals surface area contributed by atoms with Crippen molar-refractivity contribution >= 4 is 0 Å². The number of hydrogen-bond acceptors (Lipinski definition) is 1. The van der Waals surface area contributed by atoms with E-state index in [1.54, 1.807) is 0 Å². The fourth-order valence-electron chi connectivity index (χ4n) is 4.36. The van der Waals surface area contributed by atoms with E-state index in [0.29, 0.717) is 23.7 Å². The number of nitriles is 1. The highest BCUT2D eigenvalue weighted by atomic mass is 14.4. The summed E-state index contributed by atoms with van der Waals surface area (Å²) in [6.45, 7) is 2.26. The quantitative estimate of drug-likeness (QED) is 0.590. The van der Waals surface area contributed by atoms with Crippen molar-refractivity contribution in [1.82, 2.24) is 0 Å². The Morgan fingerprint density at radius 3 is 2.85 bits per heavy atom. The van der Waals surface area contributed by atoms with Gasteiger partial charge in [0.15, 0.2) is 0 Å². The van der Waals surface area contributed by atoms with E-state index in [4.69, 9.17) is 0 Å². The second-order valence-electron chi connectivity index (χ2n) is 6.49. The van der Waals surface area contributed by atoms with Crippen LogP contribution in [0, 0.1) is 35.0 Å². The zero-order valence-electron chi connectivity index (χ0n) is 11.8. The molecule has 100 valence electrons. The molecule has 0 radical (unpaired) electrons. The summed E-state index contributed by atoms with van der Waals surface area (Å²) in [4.78, 5) is 0. The Labute approximate surface area is 120 Å². The molecule has 6 bridgehead atoms. The van der Waals surface area contributed by atoms with Crippen LogP contribution in [0.4, 0.5) is 0 Å². The van der Waals surface area contributed by atoms with Gasteiger partial charge >= 0.3 is 0 Å². The first kappa shape index (κ1) is 12.0. The van der Waals surface area contributed by atoms with Crippen LogP contribution in [0.15, 0.2) is 58.7 Å². The second kappa shape index (κ2) is 4.35. The van der Waals surface area contributed by atoms with Gasteiger partial charge in [0.25, 0.3) is 0 Å². The maximum Gasteiger partial charge on any atom is 0.0950 e. The van der Waals surface area contributed by atoms with Crippen molar-refractivity contribution in [3.05, 3.63) is 58.7 Å².